The number of benzene rings is 1. The highest BCUT2D eigenvalue weighted by Gasteiger charge is 2.15. The first-order chi connectivity index (χ1) is 10.2. The van der Waals surface area contributed by atoms with Gasteiger partial charge >= 0.3 is 0 Å². The topological polar surface area (TPSA) is 40.2 Å². The van der Waals surface area contributed by atoms with E-state index < -0.39 is 0 Å². The summed E-state index contributed by atoms with van der Waals surface area (Å²) in [5, 5.41) is 1.32. The second-order valence-electron chi connectivity index (χ2n) is 6.32. The lowest BCUT2D eigenvalue weighted by atomic mass is 10.0. The lowest BCUT2D eigenvalue weighted by Gasteiger charge is -2.13. The van der Waals surface area contributed by atoms with Gasteiger partial charge in [-0.05, 0) is 56.0 Å². The Morgan fingerprint density at radius 3 is 3.05 bits per heavy atom. The average molecular weight is 286 g/mol. The maximum Gasteiger partial charge on any atom is 0.0576 e. The van der Waals surface area contributed by atoms with E-state index in [0.717, 1.165) is 19.6 Å². The highest BCUT2D eigenvalue weighted by Crippen LogP contribution is 2.23. The van der Waals surface area contributed by atoms with Crippen molar-refractivity contribution in [3.63, 3.8) is 0 Å². The van der Waals surface area contributed by atoms with Crippen LogP contribution in [0.4, 0.5) is 0 Å². The van der Waals surface area contributed by atoms with Crippen molar-refractivity contribution >= 4 is 10.9 Å². The maximum atomic E-state index is 5.99. The van der Waals surface area contributed by atoms with Crippen LogP contribution in [0.1, 0.15) is 38.2 Å². The van der Waals surface area contributed by atoms with Crippen molar-refractivity contribution in [3.8, 4) is 0 Å². The monoisotopic (exact) mass is 286 g/mol. The summed E-state index contributed by atoms with van der Waals surface area (Å²) in [6, 6.07) is 8.95. The Bertz CT molecular complexity index is 582. The zero-order valence-electron chi connectivity index (χ0n) is 12.9. The standard InChI is InChI=1S/C18H26N2O/c1-14(19)13-16-6-2-5-15-9-11-20(18(15)16)10-3-7-17-8-4-12-21-17/h2,5-6,9,11,14,17H,3-4,7-8,10,12-13,19H2,1H3. The number of para-hydroxylation sites is 1. The molecule has 3 nitrogen and oxygen atoms in total. The van der Waals surface area contributed by atoms with Gasteiger partial charge in [0, 0.05) is 25.4 Å². The third kappa shape index (κ3) is 3.47. The first-order valence-electron chi connectivity index (χ1n) is 8.18. The second-order valence-corrected chi connectivity index (χ2v) is 6.32. The van der Waals surface area contributed by atoms with Gasteiger partial charge in [0.15, 0.2) is 0 Å². The summed E-state index contributed by atoms with van der Waals surface area (Å²) in [4.78, 5) is 0. The Kier molecular flexibility index (Phi) is 4.61. The first-order valence-corrected chi connectivity index (χ1v) is 8.18. The van der Waals surface area contributed by atoms with Gasteiger partial charge in [-0.25, -0.2) is 0 Å². The third-order valence-electron chi connectivity index (χ3n) is 4.36. The van der Waals surface area contributed by atoms with Crippen molar-refractivity contribution in [3.05, 3.63) is 36.0 Å². The molecule has 0 saturated carbocycles. The van der Waals surface area contributed by atoms with Crippen molar-refractivity contribution in [1.29, 1.82) is 0 Å². The molecule has 1 aliphatic rings. The molecule has 0 bridgehead atoms. The molecule has 3 heteroatoms. The Balaban J connectivity index is 1.71. The predicted molar refractivity (Wildman–Crippen MR) is 87.5 cm³/mol. The summed E-state index contributed by atoms with van der Waals surface area (Å²) in [6.07, 6.45) is 8.47. The molecule has 114 valence electrons. The summed E-state index contributed by atoms with van der Waals surface area (Å²) in [5.41, 5.74) is 8.72. The molecular weight excluding hydrogens is 260 g/mol. The zero-order chi connectivity index (χ0) is 14.7. The predicted octanol–water partition coefficient (Wildman–Crippen LogP) is 3.49. The molecule has 2 heterocycles. The number of hydrogen-bond acceptors (Lipinski definition) is 2. The highest BCUT2D eigenvalue weighted by molar-refractivity contribution is 5.83. The minimum absolute atomic E-state index is 0.200. The van der Waals surface area contributed by atoms with E-state index in [1.165, 1.54) is 42.1 Å². The molecule has 2 atom stereocenters. The smallest absolute Gasteiger partial charge is 0.0576 e. The van der Waals surface area contributed by atoms with Crippen molar-refractivity contribution < 1.29 is 4.74 Å². The quantitative estimate of drug-likeness (QED) is 0.883. The fraction of sp³-hybridized carbons (Fsp3) is 0.556. The summed E-state index contributed by atoms with van der Waals surface area (Å²) in [5.74, 6) is 0. The fourth-order valence-corrected chi connectivity index (χ4v) is 3.40. The van der Waals surface area contributed by atoms with Crippen LogP contribution in [0.2, 0.25) is 0 Å². The molecular formula is C18H26N2O. The summed E-state index contributed by atoms with van der Waals surface area (Å²) in [7, 11) is 0. The van der Waals surface area contributed by atoms with E-state index in [4.69, 9.17) is 10.5 Å². The van der Waals surface area contributed by atoms with Gasteiger partial charge < -0.3 is 15.0 Å². The molecule has 0 spiro atoms. The highest BCUT2D eigenvalue weighted by atomic mass is 16.5. The van der Waals surface area contributed by atoms with E-state index in [-0.39, 0.29) is 6.04 Å². The molecule has 1 fully saturated rings. The van der Waals surface area contributed by atoms with E-state index in [1.807, 2.05) is 0 Å². The molecule has 1 aromatic heterocycles. The summed E-state index contributed by atoms with van der Waals surface area (Å²) in [6.45, 7) is 4.10. The van der Waals surface area contributed by atoms with Crippen LogP contribution in [-0.2, 0) is 17.7 Å². The second kappa shape index (κ2) is 6.63. The van der Waals surface area contributed by atoms with Gasteiger partial charge in [-0.2, -0.15) is 0 Å². The summed E-state index contributed by atoms with van der Waals surface area (Å²) < 4.78 is 8.10. The zero-order valence-corrected chi connectivity index (χ0v) is 12.9. The van der Waals surface area contributed by atoms with E-state index >= 15 is 0 Å². The molecule has 0 amide bonds. The molecule has 0 radical (unpaired) electrons. The Morgan fingerprint density at radius 2 is 2.29 bits per heavy atom. The van der Waals surface area contributed by atoms with Gasteiger partial charge in [-0.3, -0.25) is 0 Å². The van der Waals surface area contributed by atoms with Gasteiger partial charge in [0.25, 0.3) is 0 Å². The molecule has 0 aliphatic carbocycles. The Morgan fingerprint density at radius 1 is 1.38 bits per heavy atom. The molecule has 3 rings (SSSR count). The van der Waals surface area contributed by atoms with Crippen LogP contribution in [0.15, 0.2) is 30.5 Å². The van der Waals surface area contributed by atoms with Crippen molar-refractivity contribution in [1.82, 2.24) is 4.57 Å². The minimum Gasteiger partial charge on any atom is -0.378 e. The third-order valence-corrected chi connectivity index (χ3v) is 4.36. The van der Waals surface area contributed by atoms with Crippen LogP contribution in [0.5, 0.6) is 0 Å². The number of aryl methyl sites for hydroxylation is 1. The largest absolute Gasteiger partial charge is 0.378 e. The number of ether oxygens (including phenoxy) is 1. The van der Waals surface area contributed by atoms with Crippen molar-refractivity contribution in [2.24, 2.45) is 5.73 Å². The SMILES string of the molecule is CC(N)Cc1cccc2ccn(CCCC3CCCO3)c12. The van der Waals surface area contributed by atoms with E-state index in [1.54, 1.807) is 0 Å². The number of rotatable bonds is 6. The number of fused-ring (bicyclic) bond motifs is 1. The lowest BCUT2D eigenvalue weighted by Crippen LogP contribution is -2.18. The van der Waals surface area contributed by atoms with Crippen LogP contribution in [0.3, 0.4) is 0 Å². The number of hydrogen-bond donors (Lipinski definition) is 1. The Labute approximate surface area is 127 Å². The Hall–Kier alpha value is -1.32. The number of aromatic nitrogens is 1. The van der Waals surface area contributed by atoms with E-state index in [2.05, 4.69) is 42.0 Å². The molecule has 2 N–H and O–H groups in total. The van der Waals surface area contributed by atoms with Crippen LogP contribution >= 0.6 is 0 Å². The van der Waals surface area contributed by atoms with Gasteiger partial charge in [0.05, 0.1) is 11.6 Å². The normalized spacial score (nSPS) is 20.2. The van der Waals surface area contributed by atoms with Crippen LogP contribution in [0, 0.1) is 0 Å². The average Bonchev–Trinajstić information content (AvgIpc) is 3.09. The van der Waals surface area contributed by atoms with E-state index in [0.29, 0.717) is 6.10 Å². The van der Waals surface area contributed by atoms with Crippen molar-refractivity contribution in [2.45, 2.75) is 57.7 Å². The molecule has 1 aromatic carbocycles. The van der Waals surface area contributed by atoms with Crippen LogP contribution in [-0.4, -0.2) is 23.3 Å². The minimum atomic E-state index is 0.200. The summed E-state index contributed by atoms with van der Waals surface area (Å²) >= 11 is 0. The molecule has 2 unspecified atom stereocenters. The lowest BCUT2D eigenvalue weighted by molar-refractivity contribution is 0.101. The van der Waals surface area contributed by atoms with Gasteiger partial charge in [0.1, 0.15) is 0 Å². The molecule has 1 saturated heterocycles. The number of nitrogens with zero attached hydrogens (tertiary/aromatic N) is 1. The molecule has 1 aliphatic heterocycles. The van der Waals surface area contributed by atoms with Gasteiger partial charge in [0.2, 0.25) is 0 Å². The van der Waals surface area contributed by atoms with E-state index in [9.17, 15) is 0 Å². The van der Waals surface area contributed by atoms with Crippen molar-refractivity contribution in [2.75, 3.05) is 6.61 Å². The molecule has 2 aromatic rings. The van der Waals surface area contributed by atoms with Gasteiger partial charge in [-0.15, -0.1) is 0 Å². The first kappa shape index (κ1) is 14.6. The van der Waals surface area contributed by atoms with Crippen LogP contribution in [0.25, 0.3) is 10.9 Å². The molecule has 21 heavy (non-hydrogen) atoms. The van der Waals surface area contributed by atoms with Gasteiger partial charge in [-0.1, -0.05) is 18.2 Å². The van der Waals surface area contributed by atoms with Crippen LogP contribution < -0.4 is 5.73 Å². The maximum absolute atomic E-state index is 5.99. The fourth-order valence-electron chi connectivity index (χ4n) is 3.40. The number of nitrogens with two attached hydrogens (primary N) is 1.